The molecule has 1 unspecified atom stereocenters. The van der Waals surface area contributed by atoms with Gasteiger partial charge in [0.15, 0.2) is 0 Å². The molecule has 2 aromatic rings. The number of alkyl halides is 1. The zero-order chi connectivity index (χ0) is 15.5. The Morgan fingerprint density at radius 2 is 1.81 bits per heavy atom. The van der Waals surface area contributed by atoms with E-state index in [0.29, 0.717) is 12.3 Å². The summed E-state index contributed by atoms with van der Waals surface area (Å²) in [6.07, 6.45) is 2.15. The summed E-state index contributed by atoms with van der Waals surface area (Å²) in [5, 5.41) is -0.112. The standard InChI is InChI=1S/C17H21ClN2O/c1-17(2,3)13-7-5-12(6-8-13)15(18)9-14-10-16(21-4)20-11-19-14/h5-8,10-11,15H,9H2,1-4H3. The fraction of sp³-hybridized carbons (Fsp3) is 0.412. The Bertz CT molecular complexity index is 590. The van der Waals surface area contributed by atoms with Gasteiger partial charge in [0, 0.05) is 18.2 Å². The number of nitrogens with zero attached hydrogens (tertiary/aromatic N) is 2. The van der Waals surface area contributed by atoms with Crippen LogP contribution in [0.5, 0.6) is 5.88 Å². The molecule has 0 fully saturated rings. The number of aromatic nitrogens is 2. The molecule has 2 rings (SSSR count). The molecule has 112 valence electrons. The van der Waals surface area contributed by atoms with Gasteiger partial charge in [0.05, 0.1) is 12.5 Å². The van der Waals surface area contributed by atoms with Gasteiger partial charge in [0.2, 0.25) is 5.88 Å². The number of hydrogen-bond acceptors (Lipinski definition) is 3. The third kappa shape index (κ3) is 4.18. The van der Waals surface area contributed by atoms with Gasteiger partial charge >= 0.3 is 0 Å². The molecule has 1 aromatic heterocycles. The van der Waals surface area contributed by atoms with Crippen molar-refractivity contribution in [1.29, 1.82) is 0 Å². The SMILES string of the molecule is COc1cc(CC(Cl)c2ccc(C(C)(C)C)cc2)ncn1. The van der Waals surface area contributed by atoms with Gasteiger partial charge in [-0.1, -0.05) is 45.0 Å². The number of rotatable bonds is 4. The molecule has 0 amide bonds. The highest BCUT2D eigenvalue weighted by atomic mass is 35.5. The second-order valence-corrected chi connectivity index (χ2v) is 6.62. The average Bonchev–Trinajstić information content (AvgIpc) is 2.46. The molecule has 0 N–H and O–H groups in total. The average molecular weight is 305 g/mol. The lowest BCUT2D eigenvalue weighted by Crippen LogP contribution is -2.11. The number of methoxy groups -OCH3 is 1. The van der Waals surface area contributed by atoms with Crippen LogP contribution in [0.2, 0.25) is 0 Å². The number of halogens is 1. The molecule has 1 atom stereocenters. The van der Waals surface area contributed by atoms with Crippen molar-refractivity contribution in [3.63, 3.8) is 0 Å². The first-order valence-electron chi connectivity index (χ1n) is 6.99. The van der Waals surface area contributed by atoms with Crippen molar-refractivity contribution in [3.8, 4) is 5.88 Å². The van der Waals surface area contributed by atoms with Gasteiger partial charge in [-0.25, -0.2) is 9.97 Å². The minimum absolute atomic E-state index is 0.112. The van der Waals surface area contributed by atoms with Gasteiger partial charge in [0.1, 0.15) is 6.33 Å². The summed E-state index contributed by atoms with van der Waals surface area (Å²) < 4.78 is 5.10. The Balaban J connectivity index is 2.11. The van der Waals surface area contributed by atoms with Gasteiger partial charge in [-0.05, 0) is 16.5 Å². The first kappa shape index (κ1) is 15.8. The van der Waals surface area contributed by atoms with E-state index < -0.39 is 0 Å². The predicted molar refractivity (Wildman–Crippen MR) is 86.0 cm³/mol. The molecule has 0 spiro atoms. The summed E-state index contributed by atoms with van der Waals surface area (Å²) in [4.78, 5) is 8.23. The number of hydrogen-bond donors (Lipinski definition) is 0. The molecule has 0 aliphatic heterocycles. The number of ether oxygens (including phenoxy) is 1. The van der Waals surface area contributed by atoms with Crippen molar-refractivity contribution in [1.82, 2.24) is 9.97 Å². The van der Waals surface area contributed by atoms with Gasteiger partial charge in [0.25, 0.3) is 0 Å². The number of benzene rings is 1. The highest BCUT2D eigenvalue weighted by Crippen LogP contribution is 2.28. The third-order valence-electron chi connectivity index (χ3n) is 3.43. The summed E-state index contributed by atoms with van der Waals surface area (Å²) in [6.45, 7) is 6.61. The lowest BCUT2D eigenvalue weighted by molar-refractivity contribution is 0.396. The molecule has 4 heteroatoms. The molecule has 3 nitrogen and oxygen atoms in total. The van der Waals surface area contributed by atoms with E-state index in [4.69, 9.17) is 16.3 Å². The molecule has 0 saturated carbocycles. The van der Waals surface area contributed by atoms with Crippen LogP contribution >= 0.6 is 11.6 Å². The second-order valence-electron chi connectivity index (χ2n) is 6.10. The Morgan fingerprint density at radius 1 is 1.14 bits per heavy atom. The van der Waals surface area contributed by atoms with Crippen LogP contribution in [0.4, 0.5) is 0 Å². The van der Waals surface area contributed by atoms with Crippen molar-refractivity contribution in [2.75, 3.05) is 7.11 Å². The minimum atomic E-state index is -0.112. The van der Waals surface area contributed by atoms with Crippen LogP contribution in [-0.2, 0) is 11.8 Å². The predicted octanol–water partition coefficient (Wildman–Crippen LogP) is 4.31. The molecule has 1 aromatic carbocycles. The topological polar surface area (TPSA) is 35.0 Å². The van der Waals surface area contributed by atoms with Crippen LogP contribution in [0.15, 0.2) is 36.7 Å². The van der Waals surface area contributed by atoms with Crippen molar-refractivity contribution < 1.29 is 4.74 Å². The van der Waals surface area contributed by atoms with Gasteiger partial charge in [-0.15, -0.1) is 11.6 Å². The van der Waals surface area contributed by atoms with Gasteiger partial charge < -0.3 is 4.74 Å². The van der Waals surface area contributed by atoms with E-state index in [2.05, 4.69) is 55.0 Å². The van der Waals surface area contributed by atoms with E-state index in [1.165, 1.54) is 11.9 Å². The third-order valence-corrected chi connectivity index (χ3v) is 3.84. The highest BCUT2D eigenvalue weighted by molar-refractivity contribution is 6.20. The van der Waals surface area contributed by atoms with E-state index >= 15 is 0 Å². The molecule has 1 heterocycles. The first-order valence-corrected chi connectivity index (χ1v) is 7.43. The first-order chi connectivity index (χ1) is 9.90. The molecule has 0 bridgehead atoms. The van der Waals surface area contributed by atoms with E-state index in [0.717, 1.165) is 11.3 Å². The maximum absolute atomic E-state index is 6.50. The summed E-state index contributed by atoms with van der Waals surface area (Å²) >= 11 is 6.50. The van der Waals surface area contributed by atoms with Crippen molar-refractivity contribution >= 4 is 11.6 Å². The lowest BCUT2D eigenvalue weighted by atomic mass is 9.86. The van der Waals surface area contributed by atoms with E-state index in [1.807, 2.05) is 6.07 Å². The van der Waals surface area contributed by atoms with Crippen LogP contribution in [0.1, 0.15) is 43.0 Å². The van der Waals surface area contributed by atoms with Crippen molar-refractivity contribution in [3.05, 3.63) is 53.5 Å². The fourth-order valence-electron chi connectivity index (χ4n) is 2.09. The fourth-order valence-corrected chi connectivity index (χ4v) is 2.40. The maximum atomic E-state index is 6.50. The lowest BCUT2D eigenvalue weighted by Gasteiger charge is -2.20. The van der Waals surface area contributed by atoms with Crippen LogP contribution in [-0.4, -0.2) is 17.1 Å². The molecule has 0 aliphatic carbocycles. The zero-order valence-electron chi connectivity index (χ0n) is 12.9. The van der Waals surface area contributed by atoms with Crippen molar-refractivity contribution in [2.45, 2.75) is 38.0 Å². The maximum Gasteiger partial charge on any atom is 0.216 e. The zero-order valence-corrected chi connectivity index (χ0v) is 13.7. The minimum Gasteiger partial charge on any atom is -0.481 e. The van der Waals surface area contributed by atoms with E-state index in [-0.39, 0.29) is 10.8 Å². The largest absolute Gasteiger partial charge is 0.481 e. The summed E-state index contributed by atoms with van der Waals surface area (Å²) in [6, 6.07) is 10.3. The molecule has 0 saturated heterocycles. The Kier molecular flexibility index (Phi) is 4.84. The molecule has 21 heavy (non-hydrogen) atoms. The Hall–Kier alpha value is -1.61. The highest BCUT2D eigenvalue weighted by Gasteiger charge is 2.15. The molecule has 0 radical (unpaired) electrons. The summed E-state index contributed by atoms with van der Waals surface area (Å²) in [7, 11) is 1.59. The van der Waals surface area contributed by atoms with Crippen LogP contribution in [0, 0.1) is 0 Å². The molecular formula is C17H21ClN2O. The smallest absolute Gasteiger partial charge is 0.216 e. The van der Waals surface area contributed by atoms with E-state index in [1.54, 1.807) is 7.11 Å². The van der Waals surface area contributed by atoms with Gasteiger partial charge in [-0.2, -0.15) is 0 Å². The monoisotopic (exact) mass is 304 g/mol. The molecular weight excluding hydrogens is 284 g/mol. The van der Waals surface area contributed by atoms with E-state index in [9.17, 15) is 0 Å². The van der Waals surface area contributed by atoms with Crippen LogP contribution in [0.3, 0.4) is 0 Å². The van der Waals surface area contributed by atoms with Crippen LogP contribution < -0.4 is 4.74 Å². The Labute approximate surface area is 131 Å². The summed E-state index contributed by atoms with van der Waals surface area (Å²) in [5.41, 5.74) is 3.43. The van der Waals surface area contributed by atoms with Crippen molar-refractivity contribution in [2.24, 2.45) is 0 Å². The van der Waals surface area contributed by atoms with Crippen LogP contribution in [0.25, 0.3) is 0 Å². The Morgan fingerprint density at radius 3 is 2.38 bits per heavy atom. The molecule has 0 aliphatic rings. The summed E-state index contributed by atoms with van der Waals surface area (Å²) in [5.74, 6) is 0.562. The second kappa shape index (κ2) is 6.44. The van der Waals surface area contributed by atoms with Gasteiger partial charge in [-0.3, -0.25) is 0 Å². The quantitative estimate of drug-likeness (QED) is 0.790. The normalized spacial score (nSPS) is 13.0.